The van der Waals surface area contributed by atoms with Crippen molar-refractivity contribution >= 4 is 24.3 Å². The van der Waals surface area contributed by atoms with Gasteiger partial charge in [-0.15, -0.1) is 0 Å². The Labute approximate surface area is 158 Å². The Bertz CT molecular complexity index is 969. The van der Waals surface area contributed by atoms with Crippen LogP contribution in [0.15, 0.2) is 72.8 Å². The van der Waals surface area contributed by atoms with Crippen molar-refractivity contribution in [3.05, 3.63) is 83.9 Å². The highest BCUT2D eigenvalue weighted by Crippen LogP contribution is 2.40. The fraction of sp³-hybridized carbons (Fsp3) is 0.190. The van der Waals surface area contributed by atoms with Gasteiger partial charge in [0.15, 0.2) is 0 Å². The van der Waals surface area contributed by atoms with Crippen LogP contribution in [0.2, 0.25) is 0 Å². The van der Waals surface area contributed by atoms with E-state index < -0.39 is 19.5 Å². The monoisotopic (exact) mass is 383 g/mol. The fourth-order valence-corrected chi connectivity index (χ4v) is 4.56. The average Bonchev–Trinajstić information content (AvgIpc) is 2.67. The van der Waals surface area contributed by atoms with E-state index in [1.54, 1.807) is 30.3 Å². The molecule has 0 amide bonds. The number of carboxylic acids is 1. The lowest BCUT2D eigenvalue weighted by molar-refractivity contribution is -0.139. The van der Waals surface area contributed by atoms with Crippen molar-refractivity contribution in [1.82, 2.24) is 5.09 Å². The Balaban J connectivity index is 1.65. The van der Waals surface area contributed by atoms with Crippen molar-refractivity contribution in [2.75, 3.05) is 6.16 Å². The van der Waals surface area contributed by atoms with Crippen LogP contribution >= 0.6 is 7.52 Å². The Hall–Kier alpha value is -2.46. The molecule has 0 aliphatic carbocycles. The normalized spacial score (nSPS) is 14.6. The Morgan fingerprint density at radius 1 is 0.963 bits per heavy atom. The fourth-order valence-electron chi connectivity index (χ4n) is 3.18. The summed E-state index contributed by atoms with van der Waals surface area (Å²) in [6, 6.07) is 21.3. The quantitative estimate of drug-likeness (QED) is 0.503. The molecule has 3 N–H and O–H groups in total. The van der Waals surface area contributed by atoms with Crippen molar-refractivity contribution in [3.63, 3.8) is 0 Å². The highest BCUT2D eigenvalue weighted by Gasteiger charge is 2.28. The molecule has 2 unspecified atom stereocenters. The number of benzene rings is 3. The van der Waals surface area contributed by atoms with Crippen LogP contribution in [0.25, 0.3) is 10.8 Å². The van der Waals surface area contributed by atoms with Crippen LogP contribution in [-0.4, -0.2) is 22.1 Å². The molecule has 3 rings (SSSR count). The summed E-state index contributed by atoms with van der Waals surface area (Å²) in [4.78, 5) is 21.8. The molecule has 27 heavy (non-hydrogen) atoms. The number of fused-ring (bicyclic) bond motifs is 1. The van der Waals surface area contributed by atoms with Crippen molar-refractivity contribution in [1.29, 1.82) is 0 Å². The molecule has 0 bridgehead atoms. The molecule has 0 aromatic heterocycles. The van der Waals surface area contributed by atoms with Gasteiger partial charge in [0.05, 0.1) is 0 Å². The first-order chi connectivity index (χ1) is 13.0. The molecule has 0 aliphatic heterocycles. The molecular formula is C21H22NO4P. The molecule has 0 radical (unpaired) electrons. The van der Waals surface area contributed by atoms with Crippen molar-refractivity contribution in [2.24, 2.45) is 0 Å². The highest BCUT2D eigenvalue weighted by molar-refractivity contribution is 7.55. The number of carbonyl (C=O) groups is 1. The maximum Gasteiger partial charge on any atom is 0.325 e. The third kappa shape index (κ3) is 5.04. The second-order valence-electron chi connectivity index (χ2n) is 6.48. The molecule has 0 aliphatic rings. The summed E-state index contributed by atoms with van der Waals surface area (Å²) in [7, 11) is -3.80. The van der Waals surface area contributed by atoms with Gasteiger partial charge in [0.25, 0.3) is 7.52 Å². The lowest BCUT2D eigenvalue weighted by Crippen LogP contribution is -2.27. The van der Waals surface area contributed by atoms with Gasteiger partial charge >= 0.3 is 5.97 Å². The average molecular weight is 383 g/mol. The summed E-state index contributed by atoms with van der Waals surface area (Å²) in [5.41, 5.74) is 1.57. The van der Waals surface area contributed by atoms with Crippen molar-refractivity contribution < 1.29 is 19.4 Å². The number of nitrogens with one attached hydrogen (secondary N) is 1. The van der Waals surface area contributed by atoms with Gasteiger partial charge in [0.2, 0.25) is 0 Å². The molecule has 0 fully saturated rings. The van der Waals surface area contributed by atoms with E-state index in [1.807, 2.05) is 42.5 Å². The van der Waals surface area contributed by atoms with Gasteiger partial charge in [-0.25, -0.2) is 5.09 Å². The smallest absolute Gasteiger partial charge is 0.325 e. The minimum absolute atomic E-state index is 0.00678. The second-order valence-corrected chi connectivity index (χ2v) is 8.59. The molecule has 6 heteroatoms. The lowest BCUT2D eigenvalue weighted by atomic mass is 10.0. The van der Waals surface area contributed by atoms with Crippen LogP contribution in [0.1, 0.15) is 23.6 Å². The topological polar surface area (TPSA) is 86.6 Å². The van der Waals surface area contributed by atoms with E-state index in [0.29, 0.717) is 18.4 Å². The van der Waals surface area contributed by atoms with Crippen LogP contribution < -0.4 is 5.09 Å². The summed E-state index contributed by atoms with van der Waals surface area (Å²) in [6.45, 7) is 0. The molecular weight excluding hydrogens is 361 g/mol. The summed E-state index contributed by atoms with van der Waals surface area (Å²) in [6.07, 6.45) is 1.14. The first-order valence-electron chi connectivity index (χ1n) is 8.80. The van der Waals surface area contributed by atoms with Crippen LogP contribution in [0.3, 0.4) is 0 Å². The molecule has 0 heterocycles. The zero-order valence-corrected chi connectivity index (χ0v) is 15.7. The maximum absolute atomic E-state index is 12.5. The van der Waals surface area contributed by atoms with Gasteiger partial charge in [0.1, 0.15) is 6.04 Å². The van der Waals surface area contributed by atoms with E-state index in [-0.39, 0.29) is 6.16 Å². The van der Waals surface area contributed by atoms with E-state index in [0.717, 1.165) is 16.3 Å². The third-order valence-electron chi connectivity index (χ3n) is 4.50. The standard InChI is InChI=1S/C21H22NO4P/c23-21(24)20(18-9-2-1-3-10-18)22-27(25,26)15-7-13-17-12-6-11-16-8-4-5-14-19(16)17/h1-6,8-12,14,20H,7,13,15H2,(H,23,24)(H2,22,25,26). The number of aliphatic carboxylic acids is 1. The second kappa shape index (κ2) is 8.49. The predicted molar refractivity (Wildman–Crippen MR) is 107 cm³/mol. The van der Waals surface area contributed by atoms with Crippen LogP contribution in [0.5, 0.6) is 0 Å². The zero-order valence-electron chi connectivity index (χ0n) is 14.8. The van der Waals surface area contributed by atoms with E-state index >= 15 is 0 Å². The van der Waals surface area contributed by atoms with Gasteiger partial charge in [-0.1, -0.05) is 72.8 Å². The Morgan fingerprint density at radius 3 is 2.37 bits per heavy atom. The predicted octanol–water partition coefficient (Wildman–Crippen LogP) is 4.37. The number of carboxylic acid groups (broad SMARTS) is 1. The number of hydrogen-bond donors (Lipinski definition) is 3. The minimum Gasteiger partial charge on any atom is -0.480 e. The molecule has 5 nitrogen and oxygen atoms in total. The summed E-state index contributed by atoms with van der Waals surface area (Å²) >= 11 is 0. The van der Waals surface area contributed by atoms with Gasteiger partial charge in [-0.2, -0.15) is 0 Å². The number of hydrogen-bond acceptors (Lipinski definition) is 2. The van der Waals surface area contributed by atoms with Gasteiger partial charge in [-0.3, -0.25) is 9.36 Å². The highest BCUT2D eigenvalue weighted by atomic mass is 31.2. The third-order valence-corrected chi connectivity index (χ3v) is 6.08. The van der Waals surface area contributed by atoms with Crippen molar-refractivity contribution in [2.45, 2.75) is 18.9 Å². The summed E-state index contributed by atoms with van der Waals surface area (Å²) < 4.78 is 12.5. The first kappa shape index (κ1) is 19.3. The van der Waals surface area contributed by atoms with Crippen LogP contribution in [0, 0.1) is 0 Å². The molecule has 0 spiro atoms. The molecule has 140 valence electrons. The van der Waals surface area contributed by atoms with Crippen molar-refractivity contribution in [3.8, 4) is 0 Å². The minimum atomic E-state index is -3.80. The molecule has 0 saturated carbocycles. The zero-order chi connectivity index (χ0) is 19.3. The Morgan fingerprint density at radius 2 is 1.63 bits per heavy atom. The van der Waals surface area contributed by atoms with Gasteiger partial charge < -0.3 is 10.00 Å². The number of rotatable bonds is 8. The van der Waals surface area contributed by atoms with Gasteiger partial charge in [0, 0.05) is 6.16 Å². The molecule has 3 aromatic rings. The summed E-state index contributed by atoms with van der Waals surface area (Å²) in [5, 5.41) is 14.1. The van der Waals surface area contributed by atoms with E-state index in [4.69, 9.17) is 0 Å². The lowest BCUT2D eigenvalue weighted by Gasteiger charge is -2.19. The van der Waals surface area contributed by atoms with E-state index in [2.05, 4.69) is 5.09 Å². The number of aryl methyl sites for hydroxylation is 1. The van der Waals surface area contributed by atoms with Crippen LogP contribution in [-0.2, 0) is 15.8 Å². The van der Waals surface area contributed by atoms with Gasteiger partial charge in [-0.05, 0) is 34.7 Å². The molecule has 0 saturated heterocycles. The maximum atomic E-state index is 12.5. The van der Waals surface area contributed by atoms with E-state index in [9.17, 15) is 19.4 Å². The summed E-state index contributed by atoms with van der Waals surface area (Å²) in [5.74, 6) is -1.18. The first-order valence-corrected chi connectivity index (χ1v) is 10.6. The van der Waals surface area contributed by atoms with E-state index in [1.165, 1.54) is 0 Å². The van der Waals surface area contributed by atoms with Crippen LogP contribution in [0.4, 0.5) is 0 Å². The molecule has 3 aromatic carbocycles. The molecule has 2 atom stereocenters. The SMILES string of the molecule is O=C(O)C(NP(=O)(O)CCCc1cccc2ccccc12)c1ccccc1. The Kier molecular flexibility index (Phi) is 6.07. The largest absolute Gasteiger partial charge is 0.480 e.